The van der Waals surface area contributed by atoms with Gasteiger partial charge in [-0.25, -0.2) is 8.78 Å². The lowest BCUT2D eigenvalue weighted by Crippen LogP contribution is -2.29. The Kier molecular flexibility index (Phi) is 2.79. The zero-order valence-corrected chi connectivity index (χ0v) is 9.66. The molecule has 2 heterocycles. The zero-order valence-electron chi connectivity index (χ0n) is 9.66. The van der Waals surface area contributed by atoms with E-state index in [0.717, 1.165) is 30.8 Å². The largest absolute Gasteiger partial charge is 0.312 e. The molecule has 0 bridgehead atoms. The summed E-state index contributed by atoms with van der Waals surface area (Å²) in [6.45, 7) is 2.38. The van der Waals surface area contributed by atoms with Crippen molar-refractivity contribution in [3.8, 4) is 0 Å². The Morgan fingerprint density at radius 1 is 1.22 bits per heavy atom. The van der Waals surface area contributed by atoms with E-state index in [1.807, 2.05) is 4.57 Å². The highest BCUT2D eigenvalue weighted by atomic mass is 19.2. The number of fused-ring (bicyclic) bond motifs is 1. The summed E-state index contributed by atoms with van der Waals surface area (Å²) in [5.74, 6) is 0.0233. The van der Waals surface area contributed by atoms with Crippen molar-refractivity contribution in [2.75, 3.05) is 6.54 Å². The Morgan fingerprint density at radius 3 is 2.94 bits per heavy atom. The van der Waals surface area contributed by atoms with Crippen LogP contribution < -0.4 is 5.32 Å². The summed E-state index contributed by atoms with van der Waals surface area (Å²) >= 11 is 0. The Balaban J connectivity index is 1.88. The topological polar surface area (TPSA) is 42.7 Å². The maximum absolute atomic E-state index is 13.1. The molecule has 2 aromatic rings. The summed E-state index contributed by atoms with van der Waals surface area (Å²) in [6.07, 6.45) is 0.462. The van der Waals surface area contributed by atoms with Crippen LogP contribution in [0.2, 0.25) is 0 Å². The minimum absolute atomic E-state index is 0.462. The average molecular weight is 250 g/mol. The van der Waals surface area contributed by atoms with Crippen LogP contribution in [0.3, 0.4) is 0 Å². The van der Waals surface area contributed by atoms with Gasteiger partial charge in [0, 0.05) is 19.5 Å². The van der Waals surface area contributed by atoms with Gasteiger partial charge >= 0.3 is 0 Å². The lowest BCUT2D eigenvalue weighted by molar-refractivity contribution is 0.494. The summed E-state index contributed by atoms with van der Waals surface area (Å²) in [5.41, 5.74) is 0.697. The van der Waals surface area contributed by atoms with Gasteiger partial charge in [-0.3, -0.25) is 0 Å². The van der Waals surface area contributed by atoms with Crippen molar-refractivity contribution in [1.29, 1.82) is 0 Å². The van der Waals surface area contributed by atoms with E-state index in [2.05, 4.69) is 15.5 Å². The van der Waals surface area contributed by atoms with Gasteiger partial charge < -0.3 is 9.88 Å². The molecule has 0 atom stereocenters. The van der Waals surface area contributed by atoms with Crippen LogP contribution in [-0.4, -0.2) is 21.3 Å². The molecule has 6 heteroatoms. The second-order valence-corrected chi connectivity index (χ2v) is 4.29. The molecular formula is C12H12F2N4. The van der Waals surface area contributed by atoms with Crippen molar-refractivity contribution in [2.24, 2.45) is 0 Å². The van der Waals surface area contributed by atoms with E-state index in [9.17, 15) is 8.78 Å². The van der Waals surface area contributed by atoms with E-state index in [-0.39, 0.29) is 0 Å². The molecule has 3 rings (SSSR count). The number of benzene rings is 1. The predicted molar refractivity (Wildman–Crippen MR) is 60.9 cm³/mol. The fourth-order valence-electron chi connectivity index (χ4n) is 2.12. The number of hydrogen-bond donors (Lipinski definition) is 1. The molecule has 0 unspecified atom stereocenters. The summed E-state index contributed by atoms with van der Waals surface area (Å²) in [6, 6.07) is 3.92. The van der Waals surface area contributed by atoms with E-state index < -0.39 is 11.6 Å². The molecule has 0 saturated heterocycles. The van der Waals surface area contributed by atoms with Gasteiger partial charge in [0.25, 0.3) is 0 Å². The number of rotatable bonds is 2. The van der Waals surface area contributed by atoms with Crippen LogP contribution in [0, 0.1) is 11.6 Å². The fourth-order valence-corrected chi connectivity index (χ4v) is 2.12. The van der Waals surface area contributed by atoms with Gasteiger partial charge in [-0.05, 0) is 17.7 Å². The summed E-state index contributed by atoms with van der Waals surface area (Å²) in [5, 5.41) is 11.4. The van der Waals surface area contributed by atoms with Crippen LogP contribution in [0.4, 0.5) is 8.78 Å². The molecule has 18 heavy (non-hydrogen) atoms. The number of hydrogen-bond acceptors (Lipinski definition) is 3. The first kappa shape index (κ1) is 11.3. The number of halogens is 2. The van der Waals surface area contributed by atoms with E-state index >= 15 is 0 Å². The number of nitrogens with one attached hydrogen (secondary N) is 1. The average Bonchev–Trinajstić information content (AvgIpc) is 2.78. The van der Waals surface area contributed by atoms with Crippen molar-refractivity contribution in [1.82, 2.24) is 20.1 Å². The van der Waals surface area contributed by atoms with E-state index in [4.69, 9.17) is 0 Å². The first-order valence-electron chi connectivity index (χ1n) is 5.79. The molecule has 4 nitrogen and oxygen atoms in total. The highest BCUT2D eigenvalue weighted by Crippen LogP contribution is 2.14. The van der Waals surface area contributed by atoms with E-state index in [1.165, 1.54) is 6.07 Å². The molecule has 0 radical (unpaired) electrons. The lowest BCUT2D eigenvalue weighted by atomic mass is 10.1. The molecule has 94 valence electrons. The van der Waals surface area contributed by atoms with Crippen molar-refractivity contribution < 1.29 is 8.78 Å². The van der Waals surface area contributed by atoms with Gasteiger partial charge in [0.15, 0.2) is 11.6 Å². The SMILES string of the molecule is Fc1ccc(Cc2nnc3n2CCNC3)cc1F. The highest BCUT2D eigenvalue weighted by Gasteiger charge is 2.15. The van der Waals surface area contributed by atoms with Crippen molar-refractivity contribution in [3.63, 3.8) is 0 Å². The molecule has 0 fully saturated rings. The smallest absolute Gasteiger partial charge is 0.159 e. The highest BCUT2D eigenvalue weighted by molar-refractivity contribution is 5.21. The quantitative estimate of drug-likeness (QED) is 0.872. The van der Waals surface area contributed by atoms with Crippen LogP contribution >= 0.6 is 0 Å². The Bertz CT molecular complexity index is 579. The third-order valence-electron chi connectivity index (χ3n) is 3.05. The molecule has 1 aliphatic heterocycles. The minimum atomic E-state index is -0.828. The molecular weight excluding hydrogens is 238 g/mol. The second-order valence-electron chi connectivity index (χ2n) is 4.29. The third kappa shape index (κ3) is 1.99. The van der Waals surface area contributed by atoms with Crippen molar-refractivity contribution >= 4 is 0 Å². The first-order chi connectivity index (χ1) is 8.74. The number of aromatic nitrogens is 3. The standard InChI is InChI=1S/C12H12F2N4/c13-9-2-1-8(5-10(9)14)6-11-16-17-12-7-15-3-4-18(11)12/h1-2,5,15H,3-4,6-7H2. The maximum atomic E-state index is 13.1. The van der Waals surface area contributed by atoms with Crippen LogP contribution in [-0.2, 0) is 19.5 Å². The molecule has 0 spiro atoms. The van der Waals surface area contributed by atoms with Crippen LogP contribution in [0.1, 0.15) is 17.2 Å². The molecule has 0 amide bonds. The molecule has 1 aliphatic rings. The fraction of sp³-hybridized carbons (Fsp3) is 0.333. The maximum Gasteiger partial charge on any atom is 0.159 e. The third-order valence-corrected chi connectivity index (χ3v) is 3.05. The number of nitrogens with zero attached hydrogens (tertiary/aromatic N) is 3. The van der Waals surface area contributed by atoms with E-state index in [0.29, 0.717) is 18.5 Å². The normalized spacial score (nSPS) is 14.6. The predicted octanol–water partition coefficient (Wildman–Crippen LogP) is 1.25. The lowest BCUT2D eigenvalue weighted by Gasteiger charge is -2.15. The molecule has 1 aromatic carbocycles. The van der Waals surface area contributed by atoms with E-state index in [1.54, 1.807) is 6.07 Å². The summed E-state index contributed by atoms with van der Waals surface area (Å²) in [7, 11) is 0. The first-order valence-corrected chi connectivity index (χ1v) is 5.79. The summed E-state index contributed by atoms with van der Waals surface area (Å²) < 4.78 is 28.0. The van der Waals surface area contributed by atoms with Crippen molar-refractivity contribution in [3.05, 3.63) is 47.0 Å². The Hall–Kier alpha value is -1.82. The molecule has 0 saturated carbocycles. The van der Waals surface area contributed by atoms with Gasteiger partial charge in [-0.15, -0.1) is 10.2 Å². The van der Waals surface area contributed by atoms with Crippen molar-refractivity contribution in [2.45, 2.75) is 19.5 Å². The second kappa shape index (κ2) is 4.45. The van der Waals surface area contributed by atoms with Gasteiger partial charge in [-0.1, -0.05) is 6.07 Å². The van der Waals surface area contributed by atoms with Gasteiger partial charge in [0.2, 0.25) is 0 Å². The Morgan fingerprint density at radius 2 is 2.11 bits per heavy atom. The van der Waals surface area contributed by atoms with Gasteiger partial charge in [0.1, 0.15) is 11.6 Å². The summed E-state index contributed by atoms with van der Waals surface area (Å²) in [4.78, 5) is 0. The molecule has 1 aromatic heterocycles. The van der Waals surface area contributed by atoms with Crippen LogP contribution in [0.25, 0.3) is 0 Å². The van der Waals surface area contributed by atoms with Crippen LogP contribution in [0.15, 0.2) is 18.2 Å². The molecule has 1 N–H and O–H groups in total. The van der Waals surface area contributed by atoms with Crippen LogP contribution in [0.5, 0.6) is 0 Å². The monoisotopic (exact) mass is 250 g/mol. The zero-order chi connectivity index (χ0) is 12.5. The minimum Gasteiger partial charge on any atom is -0.312 e. The molecule has 0 aliphatic carbocycles. The Labute approximate surface area is 103 Å². The van der Waals surface area contributed by atoms with Gasteiger partial charge in [0.05, 0.1) is 6.54 Å². The van der Waals surface area contributed by atoms with Gasteiger partial charge in [-0.2, -0.15) is 0 Å².